The van der Waals surface area contributed by atoms with Crippen molar-refractivity contribution in [3.63, 3.8) is 0 Å². The molecule has 4 nitrogen and oxygen atoms in total. The first-order valence-corrected chi connectivity index (χ1v) is 4.70. The van der Waals surface area contributed by atoms with Gasteiger partial charge in [-0.2, -0.15) is 0 Å². The fourth-order valence-electron chi connectivity index (χ4n) is 1.89. The molecule has 2 fully saturated rings. The zero-order chi connectivity index (χ0) is 10.3. The van der Waals surface area contributed by atoms with E-state index < -0.39 is 0 Å². The van der Waals surface area contributed by atoms with E-state index in [-0.39, 0.29) is 30.6 Å². The number of hydrogen-bond donors (Lipinski definition) is 0. The van der Waals surface area contributed by atoms with E-state index in [4.69, 9.17) is 9.47 Å². The van der Waals surface area contributed by atoms with Gasteiger partial charge in [0.05, 0.1) is 6.42 Å². The van der Waals surface area contributed by atoms with Crippen molar-refractivity contribution in [1.82, 2.24) is 0 Å². The van der Waals surface area contributed by atoms with Crippen LogP contribution in [0.3, 0.4) is 0 Å². The second-order valence-electron chi connectivity index (χ2n) is 3.73. The van der Waals surface area contributed by atoms with Crippen LogP contribution in [0.1, 0.15) is 26.7 Å². The molecule has 14 heavy (non-hydrogen) atoms. The van der Waals surface area contributed by atoms with Crippen LogP contribution in [0.15, 0.2) is 11.1 Å². The Hall–Kier alpha value is -1.32. The molecule has 2 rings (SSSR count). The molecule has 2 saturated heterocycles. The van der Waals surface area contributed by atoms with E-state index in [2.05, 4.69) is 0 Å². The SMILES string of the molecule is CC1C/C(=C2/CC(=O)OC2C)C(=O)O1. The third kappa shape index (κ3) is 1.41. The lowest BCUT2D eigenvalue weighted by Gasteiger charge is -2.04. The molecule has 0 aliphatic carbocycles. The first-order chi connectivity index (χ1) is 6.58. The van der Waals surface area contributed by atoms with E-state index in [0.717, 1.165) is 5.57 Å². The summed E-state index contributed by atoms with van der Waals surface area (Å²) in [6, 6.07) is 0. The van der Waals surface area contributed by atoms with Gasteiger partial charge in [-0.3, -0.25) is 4.79 Å². The molecule has 2 atom stereocenters. The van der Waals surface area contributed by atoms with Crippen LogP contribution in [-0.2, 0) is 19.1 Å². The molecule has 0 N–H and O–H groups in total. The number of hydrogen-bond acceptors (Lipinski definition) is 4. The normalized spacial score (nSPS) is 37.3. The minimum absolute atomic E-state index is 0.0760. The highest BCUT2D eigenvalue weighted by Gasteiger charge is 2.35. The quantitative estimate of drug-likeness (QED) is 0.427. The molecular weight excluding hydrogens is 184 g/mol. The highest BCUT2D eigenvalue weighted by Crippen LogP contribution is 2.31. The smallest absolute Gasteiger partial charge is 0.334 e. The average molecular weight is 196 g/mol. The summed E-state index contributed by atoms with van der Waals surface area (Å²) in [5.74, 6) is -0.551. The van der Waals surface area contributed by atoms with Crippen LogP contribution < -0.4 is 0 Å². The van der Waals surface area contributed by atoms with Crippen molar-refractivity contribution in [3.05, 3.63) is 11.1 Å². The van der Waals surface area contributed by atoms with Crippen LogP contribution in [0, 0.1) is 0 Å². The Labute approximate surface area is 81.9 Å². The molecule has 0 aromatic carbocycles. The lowest BCUT2D eigenvalue weighted by molar-refractivity contribution is -0.141. The van der Waals surface area contributed by atoms with Gasteiger partial charge in [-0.05, 0) is 19.4 Å². The Kier molecular flexibility index (Phi) is 2.06. The highest BCUT2D eigenvalue weighted by molar-refractivity contribution is 5.93. The maximum atomic E-state index is 11.4. The monoisotopic (exact) mass is 196 g/mol. The summed E-state index contributed by atoms with van der Waals surface area (Å²) in [5.41, 5.74) is 1.43. The van der Waals surface area contributed by atoms with E-state index in [9.17, 15) is 9.59 Å². The van der Waals surface area contributed by atoms with Crippen molar-refractivity contribution in [2.75, 3.05) is 0 Å². The van der Waals surface area contributed by atoms with Gasteiger partial charge in [-0.25, -0.2) is 4.79 Å². The lowest BCUT2D eigenvalue weighted by Crippen LogP contribution is -2.06. The van der Waals surface area contributed by atoms with E-state index >= 15 is 0 Å². The van der Waals surface area contributed by atoms with Crippen LogP contribution in [0.5, 0.6) is 0 Å². The third-order valence-corrected chi connectivity index (χ3v) is 2.57. The van der Waals surface area contributed by atoms with E-state index in [1.807, 2.05) is 6.92 Å². The summed E-state index contributed by atoms with van der Waals surface area (Å²) < 4.78 is 9.97. The third-order valence-electron chi connectivity index (χ3n) is 2.57. The largest absolute Gasteiger partial charge is 0.459 e. The minimum atomic E-state index is -0.294. The molecule has 2 aliphatic heterocycles. The first kappa shape index (κ1) is 9.24. The predicted molar refractivity (Wildman–Crippen MR) is 47.4 cm³/mol. The fraction of sp³-hybridized carbons (Fsp3) is 0.600. The lowest BCUT2D eigenvalue weighted by atomic mass is 10.00. The molecule has 0 amide bonds. The molecule has 2 unspecified atom stereocenters. The number of esters is 2. The van der Waals surface area contributed by atoms with Gasteiger partial charge in [0, 0.05) is 12.0 Å². The molecule has 0 saturated carbocycles. The van der Waals surface area contributed by atoms with Gasteiger partial charge < -0.3 is 9.47 Å². The summed E-state index contributed by atoms with van der Waals surface area (Å²) in [4.78, 5) is 22.4. The molecule has 0 radical (unpaired) electrons. The molecule has 0 spiro atoms. The van der Waals surface area contributed by atoms with Crippen LogP contribution in [-0.4, -0.2) is 24.1 Å². The van der Waals surface area contributed by atoms with Gasteiger partial charge in [0.25, 0.3) is 0 Å². The van der Waals surface area contributed by atoms with Crippen molar-refractivity contribution in [3.8, 4) is 0 Å². The summed E-state index contributed by atoms with van der Waals surface area (Å²) >= 11 is 0. The molecule has 2 aliphatic rings. The van der Waals surface area contributed by atoms with Gasteiger partial charge in [0.2, 0.25) is 0 Å². The van der Waals surface area contributed by atoms with Crippen LogP contribution in [0.25, 0.3) is 0 Å². The summed E-state index contributed by atoms with van der Waals surface area (Å²) in [7, 11) is 0. The topological polar surface area (TPSA) is 52.6 Å². The highest BCUT2D eigenvalue weighted by atomic mass is 16.6. The molecule has 0 bridgehead atoms. The van der Waals surface area contributed by atoms with Crippen molar-refractivity contribution in [2.24, 2.45) is 0 Å². The maximum Gasteiger partial charge on any atom is 0.334 e. The van der Waals surface area contributed by atoms with E-state index in [0.29, 0.717) is 12.0 Å². The molecule has 0 aromatic rings. The van der Waals surface area contributed by atoms with Crippen LogP contribution in [0.2, 0.25) is 0 Å². The van der Waals surface area contributed by atoms with Crippen molar-refractivity contribution < 1.29 is 19.1 Å². The van der Waals surface area contributed by atoms with Crippen molar-refractivity contribution >= 4 is 11.9 Å². The van der Waals surface area contributed by atoms with Crippen LogP contribution >= 0.6 is 0 Å². The van der Waals surface area contributed by atoms with Gasteiger partial charge in [-0.1, -0.05) is 0 Å². The molecular formula is C10H12O4. The number of rotatable bonds is 0. The number of cyclic esters (lactones) is 2. The second kappa shape index (κ2) is 3.12. The Morgan fingerprint density at radius 1 is 1.21 bits per heavy atom. The number of carbonyl (C=O) groups is 2. The van der Waals surface area contributed by atoms with E-state index in [1.165, 1.54) is 0 Å². The zero-order valence-electron chi connectivity index (χ0n) is 8.20. The maximum absolute atomic E-state index is 11.4. The van der Waals surface area contributed by atoms with Gasteiger partial charge in [-0.15, -0.1) is 0 Å². The Bertz CT molecular complexity index is 329. The average Bonchev–Trinajstić information content (AvgIpc) is 2.55. The molecule has 0 aromatic heterocycles. The molecule has 76 valence electrons. The van der Waals surface area contributed by atoms with Gasteiger partial charge >= 0.3 is 11.9 Å². The zero-order valence-corrected chi connectivity index (χ0v) is 8.20. The second-order valence-corrected chi connectivity index (χ2v) is 3.73. The number of ether oxygens (including phenoxy) is 2. The first-order valence-electron chi connectivity index (χ1n) is 4.70. The van der Waals surface area contributed by atoms with Crippen LogP contribution in [0.4, 0.5) is 0 Å². The van der Waals surface area contributed by atoms with E-state index in [1.54, 1.807) is 6.92 Å². The van der Waals surface area contributed by atoms with Gasteiger partial charge in [0.1, 0.15) is 12.2 Å². The summed E-state index contributed by atoms with van der Waals surface area (Å²) in [6.07, 6.45) is 0.483. The summed E-state index contributed by atoms with van der Waals surface area (Å²) in [5, 5.41) is 0. The molecule has 4 heteroatoms. The van der Waals surface area contributed by atoms with Crippen molar-refractivity contribution in [2.45, 2.75) is 38.9 Å². The minimum Gasteiger partial charge on any atom is -0.459 e. The summed E-state index contributed by atoms with van der Waals surface area (Å²) in [6.45, 7) is 3.62. The Balaban J connectivity index is 2.31. The molecule has 2 heterocycles. The predicted octanol–water partition coefficient (Wildman–Crippen LogP) is 0.954. The fourth-order valence-corrected chi connectivity index (χ4v) is 1.89. The number of carbonyl (C=O) groups excluding carboxylic acids is 2. The standard InChI is InChI=1S/C10H12O4/c1-5-3-8(10(12)13-5)7-4-9(11)14-6(7)2/h5-6H,3-4H2,1-2H3/b8-7+. The van der Waals surface area contributed by atoms with Gasteiger partial charge in [0.15, 0.2) is 0 Å². The van der Waals surface area contributed by atoms with Crippen molar-refractivity contribution in [1.29, 1.82) is 0 Å². The Morgan fingerprint density at radius 3 is 2.36 bits per heavy atom. The Morgan fingerprint density at radius 2 is 1.93 bits per heavy atom.